The standard InChI is InChI=1S/C34H40N8O4/c1-21-16-35-19-30(38-21)40-11-7-23(8-12-40)34(46)41-13-9-24(10-14-41)42-20-22(18-37-42)17-36-29-4-2-3-25-27(29)15-28(32(25)44)26-5-6-31(43)39-33(26)45/h2-4,16,18-20,23-24,26,28,36H,5-15,17H2,1H3,(H,39,43,45). The highest BCUT2D eigenvalue weighted by atomic mass is 16.2. The third-order valence-electron chi connectivity index (χ3n) is 10.2. The predicted octanol–water partition coefficient (Wildman–Crippen LogP) is 3.08. The van der Waals surface area contributed by atoms with E-state index in [0.717, 1.165) is 80.2 Å². The van der Waals surface area contributed by atoms with Crippen LogP contribution in [-0.4, -0.2) is 74.3 Å². The van der Waals surface area contributed by atoms with Crippen molar-refractivity contribution in [3.63, 3.8) is 0 Å². The first kappa shape index (κ1) is 30.1. The van der Waals surface area contributed by atoms with Crippen LogP contribution < -0.4 is 15.5 Å². The van der Waals surface area contributed by atoms with E-state index in [4.69, 9.17) is 0 Å². The van der Waals surface area contributed by atoms with Crippen molar-refractivity contribution in [1.29, 1.82) is 0 Å². The molecule has 3 aliphatic heterocycles. The van der Waals surface area contributed by atoms with Crippen LogP contribution in [0.4, 0.5) is 11.5 Å². The predicted molar refractivity (Wildman–Crippen MR) is 170 cm³/mol. The number of benzene rings is 1. The lowest BCUT2D eigenvalue weighted by molar-refractivity contribution is -0.138. The Bertz CT molecular complexity index is 1650. The lowest BCUT2D eigenvalue weighted by Crippen LogP contribution is -2.46. The van der Waals surface area contributed by atoms with E-state index < -0.39 is 11.8 Å². The first-order valence-corrected chi connectivity index (χ1v) is 16.4. The molecule has 0 saturated carbocycles. The molecule has 7 rings (SSSR count). The first-order chi connectivity index (χ1) is 22.3. The molecule has 2 unspecified atom stereocenters. The van der Waals surface area contributed by atoms with Crippen LogP contribution in [-0.2, 0) is 27.3 Å². The van der Waals surface area contributed by atoms with Gasteiger partial charge in [-0.1, -0.05) is 12.1 Å². The maximum absolute atomic E-state index is 13.4. The smallest absolute Gasteiger partial charge is 0.230 e. The lowest BCUT2D eigenvalue weighted by Gasteiger charge is -2.37. The number of nitrogens with zero attached hydrogens (tertiary/aromatic N) is 6. The molecular formula is C34H40N8O4. The molecule has 12 heteroatoms. The number of aromatic nitrogens is 4. The van der Waals surface area contributed by atoms with Gasteiger partial charge in [0.2, 0.25) is 17.7 Å². The number of nitrogens with one attached hydrogen (secondary N) is 2. The Kier molecular flexibility index (Phi) is 8.27. The fourth-order valence-corrected chi connectivity index (χ4v) is 7.57. The Morgan fingerprint density at radius 3 is 2.54 bits per heavy atom. The summed E-state index contributed by atoms with van der Waals surface area (Å²) < 4.78 is 2.03. The number of hydrogen-bond acceptors (Lipinski definition) is 9. The maximum Gasteiger partial charge on any atom is 0.230 e. The topological polar surface area (TPSA) is 142 Å². The van der Waals surface area contributed by atoms with Crippen LogP contribution in [0.5, 0.6) is 0 Å². The van der Waals surface area contributed by atoms with Crippen LogP contribution in [0.1, 0.15) is 71.7 Å². The summed E-state index contributed by atoms with van der Waals surface area (Å²) in [5, 5.41) is 10.5. The third-order valence-corrected chi connectivity index (χ3v) is 10.2. The fourth-order valence-electron chi connectivity index (χ4n) is 7.57. The second-order valence-electron chi connectivity index (χ2n) is 13.1. The van der Waals surface area contributed by atoms with Gasteiger partial charge in [-0.2, -0.15) is 5.10 Å². The molecule has 240 valence electrons. The molecule has 0 radical (unpaired) electrons. The van der Waals surface area contributed by atoms with Gasteiger partial charge in [0.15, 0.2) is 5.78 Å². The SMILES string of the molecule is Cc1cncc(N2CCC(C(=O)N3CCC(n4cc(CNc5cccc6c5CC(C5CCC(=O)NC5=O)C6=O)cn4)CC3)CC2)n1. The minimum absolute atomic E-state index is 0.0200. The van der Waals surface area contributed by atoms with Gasteiger partial charge in [-0.05, 0) is 57.1 Å². The Morgan fingerprint density at radius 1 is 0.978 bits per heavy atom. The van der Waals surface area contributed by atoms with Gasteiger partial charge in [0, 0.05) is 86.1 Å². The van der Waals surface area contributed by atoms with Gasteiger partial charge < -0.3 is 15.1 Å². The summed E-state index contributed by atoms with van der Waals surface area (Å²) >= 11 is 0. The van der Waals surface area contributed by atoms with Crippen LogP contribution >= 0.6 is 0 Å². The molecule has 2 N–H and O–H groups in total. The van der Waals surface area contributed by atoms with Crippen molar-refractivity contribution in [2.45, 2.75) is 64.5 Å². The molecule has 0 spiro atoms. The summed E-state index contributed by atoms with van der Waals surface area (Å²) in [5.41, 5.74) is 4.41. The Hall–Kier alpha value is -4.61. The van der Waals surface area contributed by atoms with Crippen molar-refractivity contribution in [2.75, 3.05) is 36.4 Å². The molecule has 2 aromatic heterocycles. The highest BCUT2D eigenvalue weighted by Gasteiger charge is 2.42. The molecule has 1 aromatic carbocycles. The summed E-state index contributed by atoms with van der Waals surface area (Å²) in [4.78, 5) is 63.8. The van der Waals surface area contributed by atoms with Crippen LogP contribution in [0.3, 0.4) is 0 Å². The van der Waals surface area contributed by atoms with Crippen molar-refractivity contribution in [3.05, 3.63) is 65.4 Å². The van der Waals surface area contributed by atoms with E-state index in [2.05, 4.69) is 36.8 Å². The number of piperidine rings is 3. The number of rotatable bonds is 7. The van der Waals surface area contributed by atoms with Gasteiger partial charge in [-0.15, -0.1) is 0 Å². The van der Waals surface area contributed by atoms with Crippen molar-refractivity contribution in [3.8, 4) is 0 Å². The number of imide groups is 1. The van der Waals surface area contributed by atoms with E-state index in [1.165, 1.54) is 0 Å². The van der Waals surface area contributed by atoms with Crippen molar-refractivity contribution < 1.29 is 19.2 Å². The van der Waals surface area contributed by atoms with Crippen molar-refractivity contribution in [2.24, 2.45) is 17.8 Å². The number of hydrogen-bond donors (Lipinski definition) is 2. The monoisotopic (exact) mass is 624 g/mol. The van der Waals surface area contributed by atoms with Gasteiger partial charge in [0.25, 0.3) is 0 Å². The zero-order valence-electron chi connectivity index (χ0n) is 26.2. The minimum atomic E-state index is -0.474. The molecule has 46 heavy (non-hydrogen) atoms. The number of amides is 3. The fraction of sp³-hybridized carbons (Fsp3) is 0.500. The molecule has 4 aliphatic rings. The number of ketones is 1. The molecule has 3 amide bonds. The molecule has 3 aromatic rings. The zero-order chi connectivity index (χ0) is 31.8. The second-order valence-corrected chi connectivity index (χ2v) is 13.1. The van der Waals surface area contributed by atoms with Gasteiger partial charge >= 0.3 is 0 Å². The third kappa shape index (κ3) is 6.00. The number of likely N-dealkylation sites (tertiary alicyclic amines) is 1. The summed E-state index contributed by atoms with van der Waals surface area (Å²) in [6, 6.07) is 5.91. The van der Waals surface area contributed by atoms with Crippen LogP contribution in [0.15, 0.2) is 43.0 Å². The van der Waals surface area contributed by atoms with E-state index in [0.29, 0.717) is 24.9 Å². The molecule has 1 aliphatic carbocycles. The maximum atomic E-state index is 13.4. The molecule has 3 saturated heterocycles. The molecular weight excluding hydrogens is 584 g/mol. The zero-order valence-corrected chi connectivity index (χ0v) is 26.2. The number of carbonyl (C=O) groups is 4. The van der Waals surface area contributed by atoms with Crippen molar-refractivity contribution >= 4 is 35.0 Å². The highest BCUT2D eigenvalue weighted by molar-refractivity contribution is 6.08. The van der Waals surface area contributed by atoms with E-state index in [-0.39, 0.29) is 41.9 Å². The molecule has 2 atom stereocenters. The molecule has 12 nitrogen and oxygen atoms in total. The molecule has 3 fully saturated rings. The summed E-state index contributed by atoms with van der Waals surface area (Å²) in [7, 11) is 0. The van der Waals surface area contributed by atoms with Crippen LogP contribution in [0.2, 0.25) is 0 Å². The van der Waals surface area contributed by atoms with E-state index in [1.54, 1.807) is 12.4 Å². The number of anilines is 2. The van der Waals surface area contributed by atoms with E-state index in [9.17, 15) is 19.2 Å². The van der Waals surface area contributed by atoms with Gasteiger partial charge in [-0.3, -0.25) is 34.2 Å². The Morgan fingerprint density at radius 2 is 1.78 bits per heavy atom. The minimum Gasteiger partial charge on any atom is -0.381 e. The lowest BCUT2D eigenvalue weighted by atomic mass is 9.83. The van der Waals surface area contributed by atoms with Gasteiger partial charge in [-0.25, -0.2) is 4.98 Å². The normalized spacial score (nSPS) is 22.6. The number of aryl methyl sites for hydroxylation is 1. The largest absolute Gasteiger partial charge is 0.381 e. The number of carbonyl (C=O) groups excluding carboxylic acids is 4. The summed E-state index contributed by atoms with van der Waals surface area (Å²) in [5.74, 6) is -0.322. The molecule has 5 heterocycles. The average molecular weight is 625 g/mol. The first-order valence-electron chi connectivity index (χ1n) is 16.4. The summed E-state index contributed by atoms with van der Waals surface area (Å²) in [6.45, 7) is 5.60. The van der Waals surface area contributed by atoms with Gasteiger partial charge in [0.1, 0.15) is 5.82 Å². The Labute approximate surface area is 267 Å². The van der Waals surface area contributed by atoms with Crippen LogP contribution in [0, 0.1) is 24.7 Å². The summed E-state index contributed by atoms with van der Waals surface area (Å²) in [6.07, 6.45) is 12.1. The van der Waals surface area contributed by atoms with E-state index in [1.807, 2.05) is 40.9 Å². The molecule has 0 bridgehead atoms. The van der Waals surface area contributed by atoms with Crippen LogP contribution in [0.25, 0.3) is 0 Å². The second kappa shape index (κ2) is 12.6. The number of fused-ring (bicyclic) bond motifs is 1. The number of Topliss-reactive ketones (excluding diaryl/α,β-unsaturated/α-hetero) is 1. The quantitative estimate of drug-likeness (QED) is 0.379. The van der Waals surface area contributed by atoms with E-state index >= 15 is 0 Å². The van der Waals surface area contributed by atoms with Gasteiger partial charge in [0.05, 0.1) is 24.1 Å². The van der Waals surface area contributed by atoms with Crippen molar-refractivity contribution in [1.82, 2.24) is 30.0 Å². The highest BCUT2D eigenvalue weighted by Crippen LogP contribution is 2.38. The average Bonchev–Trinajstić information content (AvgIpc) is 3.68. The Balaban J connectivity index is 0.901.